The highest BCUT2D eigenvalue weighted by Crippen LogP contribution is 2.39. The topological polar surface area (TPSA) is 38.8 Å². The highest BCUT2D eigenvalue weighted by atomic mass is 16.6. The Hall–Kier alpha value is -1.39. The van der Waals surface area contributed by atoms with Gasteiger partial charge >= 0.3 is 5.97 Å². The van der Waals surface area contributed by atoms with E-state index in [-0.39, 0.29) is 11.9 Å². The fraction of sp³-hybridized carbons (Fsp3) is 0.562. The third-order valence-electron chi connectivity index (χ3n) is 4.43. The van der Waals surface area contributed by atoms with E-state index in [4.69, 9.17) is 9.47 Å². The molecule has 1 aromatic rings. The Morgan fingerprint density at radius 3 is 3.00 bits per heavy atom. The number of likely N-dealkylation sites (tertiary alicyclic amines) is 1. The second-order valence-electron chi connectivity index (χ2n) is 5.72. The van der Waals surface area contributed by atoms with Gasteiger partial charge < -0.3 is 9.47 Å². The molecule has 2 fully saturated rings. The molecule has 0 amide bonds. The lowest BCUT2D eigenvalue weighted by atomic mass is 9.85. The molecule has 20 heavy (non-hydrogen) atoms. The fourth-order valence-corrected chi connectivity index (χ4v) is 3.48. The monoisotopic (exact) mass is 275 g/mol. The molecule has 0 aromatic heterocycles. The van der Waals surface area contributed by atoms with Crippen molar-refractivity contribution in [1.82, 2.24) is 4.90 Å². The number of ether oxygens (including phenoxy) is 2. The van der Waals surface area contributed by atoms with Crippen LogP contribution in [0.1, 0.15) is 18.4 Å². The molecule has 2 saturated heterocycles. The van der Waals surface area contributed by atoms with E-state index in [0.717, 1.165) is 25.9 Å². The molecule has 2 aliphatic rings. The van der Waals surface area contributed by atoms with E-state index in [1.165, 1.54) is 12.7 Å². The number of esters is 1. The first-order valence-corrected chi connectivity index (χ1v) is 7.23. The molecule has 0 bridgehead atoms. The molecule has 108 valence electrons. The van der Waals surface area contributed by atoms with Crippen LogP contribution in [0.4, 0.5) is 0 Å². The van der Waals surface area contributed by atoms with Crippen molar-refractivity contribution in [1.29, 1.82) is 0 Å². The highest BCUT2D eigenvalue weighted by Gasteiger charge is 2.55. The maximum Gasteiger partial charge on any atom is 0.339 e. The molecule has 4 heteroatoms. The number of benzene rings is 1. The second kappa shape index (κ2) is 5.54. The zero-order valence-corrected chi connectivity index (χ0v) is 11.9. The summed E-state index contributed by atoms with van der Waals surface area (Å²) in [6.45, 7) is 3.06. The number of rotatable bonds is 3. The average Bonchev–Trinajstić information content (AvgIpc) is 2.86. The minimum atomic E-state index is -0.734. The molecule has 2 unspecified atom stereocenters. The van der Waals surface area contributed by atoms with Gasteiger partial charge in [-0.05, 0) is 18.4 Å². The maximum atomic E-state index is 12.2. The average molecular weight is 275 g/mol. The van der Waals surface area contributed by atoms with Crippen LogP contribution in [0.25, 0.3) is 0 Å². The van der Waals surface area contributed by atoms with Crippen LogP contribution in [0.15, 0.2) is 30.3 Å². The molecule has 4 nitrogen and oxygen atoms in total. The Labute approximate surface area is 119 Å². The van der Waals surface area contributed by atoms with Crippen molar-refractivity contribution in [3.8, 4) is 0 Å². The van der Waals surface area contributed by atoms with Crippen LogP contribution in [0.3, 0.4) is 0 Å². The minimum Gasteiger partial charge on any atom is -0.467 e. The van der Waals surface area contributed by atoms with Gasteiger partial charge in [-0.15, -0.1) is 0 Å². The summed E-state index contributed by atoms with van der Waals surface area (Å²) in [7, 11) is 1.45. The Balaban J connectivity index is 1.76. The van der Waals surface area contributed by atoms with Gasteiger partial charge in [0.25, 0.3) is 0 Å². The summed E-state index contributed by atoms with van der Waals surface area (Å²) in [4.78, 5) is 14.5. The first kappa shape index (κ1) is 13.6. The lowest BCUT2D eigenvalue weighted by molar-refractivity contribution is -0.179. The minimum absolute atomic E-state index is 0.210. The summed E-state index contributed by atoms with van der Waals surface area (Å²) in [5.41, 5.74) is 0.535. The van der Waals surface area contributed by atoms with E-state index in [1.807, 2.05) is 18.2 Å². The van der Waals surface area contributed by atoms with Crippen molar-refractivity contribution in [2.45, 2.75) is 25.0 Å². The highest BCUT2D eigenvalue weighted by molar-refractivity contribution is 5.81. The molecule has 3 rings (SSSR count). The number of nitrogens with zero attached hydrogens (tertiary/aromatic N) is 1. The Bertz CT molecular complexity index is 476. The zero-order valence-electron chi connectivity index (χ0n) is 11.9. The van der Waals surface area contributed by atoms with E-state index < -0.39 is 5.60 Å². The molecular formula is C16H21NO3. The number of carbonyl (C=O) groups excluding carboxylic acids is 1. The third kappa shape index (κ3) is 2.34. The van der Waals surface area contributed by atoms with Crippen LogP contribution in [-0.2, 0) is 20.8 Å². The lowest BCUT2D eigenvalue weighted by Crippen LogP contribution is -2.52. The number of fused-ring (bicyclic) bond motifs is 1. The summed E-state index contributed by atoms with van der Waals surface area (Å²) in [6.07, 6.45) is 2.07. The van der Waals surface area contributed by atoms with Crippen molar-refractivity contribution in [2.75, 3.05) is 26.8 Å². The Morgan fingerprint density at radius 1 is 1.45 bits per heavy atom. The van der Waals surface area contributed by atoms with Crippen LogP contribution >= 0.6 is 0 Å². The first-order chi connectivity index (χ1) is 9.74. The van der Waals surface area contributed by atoms with Gasteiger partial charge in [-0.25, -0.2) is 4.79 Å². The third-order valence-corrected chi connectivity index (χ3v) is 4.43. The normalized spacial score (nSPS) is 29.9. The van der Waals surface area contributed by atoms with Crippen molar-refractivity contribution < 1.29 is 14.3 Å². The van der Waals surface area contributed by atoms with E-state index in [9.17, 15) is 4.79 Å². The number of methoxy groups -OCH3 is 1. The molecule has 2 aliphatic heterocycles. The Kier molecular flexibility index (Phi) is 3.76. The molecule has 0 saturated carbocycles. The van der Waals surface area contributed by atoms with Gasteiger partial charge in [0.2, 0.25) is 0 Å². The van der Waals surface area contributed by atoms with Crippen LogP contribution in [0.2, 0.25) is 0 Å². The van der Waals surface area contributed by atoms with Gasteiger partial charge in [0.05, 0.1) is 7.11 Å². The molecule has 0 N–H and O–H groups in total. The van der Waals surface area contributed by atoms with Gasteiger partial charge in [0.15, 0.2) is 5.60 Å². The molecule has 0 radical (unpaired) electrons. The molecular weight excluding hydrogens is 254 g/mol. The van der Waals surface area contributed by atoms with Gasteiger partial charge in [0, 0.05) is 32.2 Å². The standard InChI is InChI=1S/C16H21NO3/c1-19-15(18)16-12-17(10-13-6-3-2-4-7-13)11-14(16)8-5-9-20-16/h2-4,6-7,14H,5,8-12H2,1H3. The predicted octanol–water partition coefficient (Wildman–Crippen LogP) is 1.84. The Morgan fingerprint density at radius 2 is 2.25 bits per heavy atom. The summed E-state index contributed by atoms with van der Waals surface area (Å²) in [5.74, 6) is 0.0465. The van der Waals surface area contributed by atoms with E-state index >= 15 is 0 Å². The number of hydrogen-bond acceptors (Lipinski definition) is 4. The van der Waals surface area contributed by atoms with Gasteiger partial charge in [0.1, 0.15) is 0 Å². The van der Waals surface area contributed by atoms with E-state index in [2.05, 4.69) is 17.0 Å². The second-order valence-corrected chi connectivity index (χ2v) is 5.72. The largest absolute Gasteiger partial charge is 0.467 e. The van der Waals surface area contributed by atoms with E-state index in [0.29, 0.717) is 13.2 Å². The molecule has 0 spiro atoms. The summed E-state index contributed by atoms with van der Waals surface area (Å²) < 4.78 is 10.9. The summed E-state index contributed by atoms with van der Waals surface area (Å²) in [6, 6.07) is 10.4. The van der Waals surface area contributed by atoms with Crippen molar-refractivity contribution >= 4 is 5.97 Å². The molecule has 0 aliphatic carbocycles. The van der Waals surface area contributed by atoms with Crippen LogP contribution in [-0.4, -0.2) is 43.3 Å². The lowest BCUT2D eigenvalue weighted by Gasteiger charge is -2.35. The van der Waals surface area contributed by atoms with E-state index in [1.54, 1.807) is 0 Å². The molecule has 2 heterocycles. The zero-order chi connectivity index (χ0) is 14.0. The first-order valence-electron chi connectivity index (χ1n) is 7.23. The quantitative estimate of drug-likeness (QED) is 0.789. The van der Waals surface area contributed by atoms with Gasteiger partial charge in [-0.1, -0.05) is 30.3 Å². The van der Waals surface area contributed by atoms with Crippen molar-refractivity contribution in [2.24, 2.45) is 5.92 Å². The van der Waals surface area contributed by atoms with Crippen molar-refractivity contribution in [3.05, 3.63) is 35.9 Å². The van der Waals surface area contributed by atoms with Crippen LogP contribution in [0, 0.1) is 5.92 Å². The summed E-state index contributed by atoms with van der Waals surface area (Å²) >= 11 is 0. The smallest absolute Gasteiger partial charge is 0.339 e. The maximum absolute atomic E-state index is 12.2. The molecule has 1 aromatic carbocycles. The van der Waals surface area contributed by atoms with Crippen LogP contribution < -0.4 is 0 Å². The SMILES string of the molecule is COC(=O)C12CN(Cc3ccccc3)CC1CCCO2. The predicted molar refractivity (Wildman–Crippen MR) is 75.1 cm³/mol. The van der Waals surface area contributed by atoms with Crippen LogP contribution in [0.5, 0.6) is 0 Å². The fourth-order valence-electron chi connectivity index (χ4n) is 3.48. The van der Waals surface area contributed by atoms with Crippen molar-refractivity contribution in [3.63, 3.8) is 0 Å². The number of hydrogen-bond donors (Lipinski definition) is 0. The molecule has 2 atom stereocenters. The van der Waals surface area contributed by atoms with Gasteiger partial charge in [-0.3, -0.25) is 4.90 Å². The number of carbonyl (C=O) groups is 1. The van der Waals surface area contributed by atoms with Gasteiger partial charge in [-0.2, -0.15) is 0 Å². The summed E-state index contributed by atoms with van der Waals surface area (Å²) in [5, 5.41) is 0.